The van der Waals surface area contributed by atoms with E-state index in [9.17, 15) is 9.18 Å². The summed E-state index contributed by atoms with van der Waals surface area (Å²) in [6.45, 7) is 9.69. The molecule has 1 aliphatic rings. The van der Waals surface area contributed by atoms with Crippen LogP contribution in [-0.4, -0.2) is 70.8 Å². The average Bonchev–Trinajstić information content (AvgIpc) is 2.84. The van der Waals surface area contributed by atoms with Gasteiger partial charge in [0.1, 0.15) is 5.82 Å². The topological polar surface area (TPSA) is 81.6 Å². The van der Waals surface area contributed by atoms with Crippen LogP contribution in [0.25, 0.3) is 0 Å². The molecule has 2 N–H and O–H groups in total. The van der Waals surface area contributed by atoms with Crippen LogP contribution < -0.4 is 10.2 Å². The summed E-state index contributed by atoms with van der Waals surface area (Å²) in [5, 5.41) is 11.6. The van der Waals surface area contributed by atoms with Crippen LogP contribution in [0.4, 0.5) is 10.3 Å². The molecular formula is C26H38FN5O2. The Labute approximate surface area is 202 Å². The van der Waals surface area contributed by atoms with Crippen LogP contribution in [0, 0.1) is 5.82 Å². The molecular weight excluding hydrogens is 433 g/mol. The zero-order valence-electron chi connectivity index (χ0n) is 20.6. The number of carbonyl (C=O) groups is 1. The van der Waals surface area contributed by atoms with Gasteiger partial charge in [-0.1, -0.05) is 19.4 Å². The number of amides is 1. The van der Waals surface area contributed by atoms with E-state index in [2.05, 4.69) is 38.9 Å². The SMILES string of the molecule is CCCc1cnc(N2CCN(C(C)CCCc3ccc(C(=O)NC(C)CO)c(F)c3)CC2)nc1. The zero-order chi connectivity index (χ0) is 24.5. The number of aromatic nitrogens is 2. The summed E-state index contributed by atoms with van der Waals surface area (Å²) in [5.74, 6) is -0.202. The molecule has 0 spiro atoms. The van der Waals surface area contributed by atoms with E-state index in [1.54, 1.807) is 6.92 Å². The maximum atomic E-state index is 14.4. The number of hydrogen-bond acceptors (Lipinski definition) is 6. The van der Waals surface area contributed by atoms with Crippen LogP contribution in [0.5, 0.6) is 0 Å². The molecule has 2 atom stereocenters. The van der Waals surface area contributed by atoms with Crippen molar-refractivity contribution in [3.8, 4) is 0 Å². The number of nitrogens with zero attached hydrogens (tertiary/aromatic N) is 4. The second kappa shape index (κ2) is 12.8. The number of rotatable bonds is 11. The van der Waals surface area contributed by atoms with Gasteiger partial charge in [-0.25, -0.2) is 14.4 Å². The van der Waals surface area contributed by atoms with Gasteiger partial charge in [0.2, 0.25) is 5.95 Å². The Hall–Kier alpha value is -2.58. The molecule has 2 heterocycles. The molecule has 3 rings (SSSR count). The Morgan fingerprint density at radius 2 is 1.82 bits per heavy atom. The molecule has 1 amide bonds. The molecule has 2 aromatic rings. The molecule has 0 bridgehead atoms. The number of carbonyl (C=O) groups excluding carboxylic acids is 1. The number of piperazine rings is 1. The van der Waals surface area contributed by atoms with Crippen LogP contribution in [-0.2, 0) is 12.8 Å². The summed E-state index contributed by atoms with van der Waals surface area (Å²) >= 11 is 0. The Bertz CT molecular complexity index is 916. The van der Waals surface area contributed by atoms with Crippen molar-refractivity contribution in [2.75, 3.05) is 37.7 Å². The Morgan fingerprint density at radius 3 is 2.44 bits per heavy atom. The number of benzene rings is 1. The number of nitrogens with one attached hydrogen (secondary N) is 1. The number of hydrogen-bond donors (Lipinski definition) is 2. The lowest BCUT2D eigenvalue weighted by Crippen LogP contribution is -2.50. The third-order valence-corrected chi connectivity index (χ3v) is 6.47. The standard InChI is InChI=1S/C26H38FN5O2/c1-4-6-22-16-28-26(29-17-22)32-13-11-31(12-14-32)20(3)7-5-8-21-9-10-23(24(27)15-21)25(34)30-19(2)18-33/h9-10,15-17,19-20,33H,4-8,11-14,18H2,1-3H3,(H,30,34). The summed E-state index contributed by atoms with van der Waals surface area (Å²) in [6.07, 6.45) is 8.75. The van der Waals surface area contributed by atoms with Crippen LogP contribution in [0.2, 0.25) is 0 Å². The van der Waals surface area contributed by atoms with Crippen LogP contribution in [0.15, 0.2) is 30.6 Å². The van der Waals surface area contributed by atoms with Gasteiger partial charge in [0, 0.05) is 50.7 Å². The second-order valence-electron chi connectivity index (χ2n) is 9.28. The molecule has 0 aliphatic carbocycles. The first-order chi connectivity index (χ1) is 16.4. The minimum absolute atomic E-state index is 0.0132. The molecule has 186 valence electrons. The molecule has 0 saturated carbocycles. The smallest absolute Gasteiger partial charge is 0.254 e. The van der Waals surface area contributed by atoms with Crippen molar-refractivity contribution in [3.05, 3.63) is 53.1 Å². The second-order valence-corrected chi connectivity index (χ2v) is 9.28. The monoisotopic (exact) mass is 471 g/mol. The van der Waals surface area contributed by atoms with E-state index in [0.29, 0.717) is 6.04 Å². The highest BCUT2D eigenvalue weighted by Crippen LogP contribution is 2.18. The average molecular weight is 472 g/mol. The minimum atomic E-state index is -0.519. The number of anilines is 1. The predicted octanol–water partition coefficient (Wildman–Crippen LogP) is 3.21. The molecule has 1 fully saturated rings. The molecule has 8 heteroatoms. The van der Waals surface area contributed by atoms with Gasteiger partial charge in [0.25, 0.3) is 5.91 Å². The quantitative estimate of drug-likeness (QED) is 0.524. The van der Waals surface area contributed by atoms with Gasteiger partial charge in [-0.3, -0.25) is 9.69 Å². The molecule has 0 radical (unpaired) electrons. The van der Waals surface area contributed by atoms with Crippen molar-refractivity contribution in [2.45, 2.75) is 65.0 Å². The maximum Gasteiger partial charge on any atom is 0.254 e. The van der Waals surface area contributed by atoms with Crippen molar-refractivity contribution in [1.82, 2.24) is 20.2 Å². The first-order valence-electron chi connectivity index (χ1n) is 12.4. The summed E-state index contributed by atoms with van der Waals surface area (Å²) in [5.41, 5.74) is 2.09. The van der Waals surface area contributed by atoms with E-state index in [4.69, 9.17) is 5.11 Å². The first-order valence-corrected chi connectivity index (χ1v) is 12.4. The van der Waals surface area contributed by atoms with Crippen molar-refractivity contribution < 1.29 is 14.3 Å². The summed E-state index contributed by atoms with van der Waals surface area (Å²) < 4.78 is 14.4. The van der Waals surface area contributed by atoms with E-state index in [-0.39, 0.29) is 12.2 Å². The maximum absolute atomic E-state index is 14.4. The molecule has 1 aromatic heterocycles. The molecule has 34 heavy (non-hydrogen) atoms. The van der Waals surface area contributed by atoms with Crippen LogP contribution in [0.1, 0.15) is 61.5 Å². The van der Waals surface area contributed by atoms with Gasteiger partial charge in [-0.2, -0.15) is 0 Å². The summed E-state index contributed by atoms with van der Waals surface area (Å²) in [4.78, 5) is 25.9. The van der Waals surface area contributed by atoms with Gasteiger partial charge < -0.3 is 15.3 Å². The predicted molar refractivity (Wildman–Crippen MR) is 133 cm³/mol. The van der Waals surface area contributed by atoms with E-state index in [1.165, 1.54) is 17.7 Å². The van der Waals surface area contributed by atoms with Crippen LogP contribution in [0.3, 0.4) is 0 Å². The lowest BCUT2D eigenvalue weighted by molar-refractivity contribution is 0.0918. The molecule has 1 aliphatic heterocycles. The van der Waals surface area contributed by atoms with E-state index in [0.717, 1.165) is 69.8 Å². The third-order valence-electron chi connectivity index (χ3n) is 6.47. The molecule has 7 nitrogen and oxygen atoms in total. The molecule has 1 aromatic carbocycles. The number of aliphatic hydroxyl groups is 1. The fourth-order valence-electron chi connectivity index (χ4n) is 4.32. The molecule has 1 saturated heterocycles. The van der Waals surface area contributed by atoms with Crippen LogP contribution >= 0.6 is 0 Å². The van der Waals surface area contributed by atoms with Crippen molar-refractivity contribution in [3.63, 3.8) is 0 Å². The summed E-state index contributed by atoms with van der Waals surface area (Å²) in [6, 6.07) is 4.84. The number of halogens is 1. The minimum Gasteiger partial charge on any atom is -0.394 e. The third kappa shape index (κ3) is 7.21. The zero-order valence-corrected chi connectivity index (χ0v) is 20.6. The van der Waals surface area contributed by atoms with Gasteiger partial charge in [0.15, 0.2) is 0 Å². The van der Waals surface area contributed by atoms with Crippen molar-refractivity contribution >= 4 is 11.9 Å². The van der Waals surface area contributed by atoms with Gasteiger partial charge in [-0.05, 0) is 62.8 Å². The van der Waals surface area contributed by atoms with Crippen molar-refractivity contribution in [1.29, 1.82) is 0 Å². The lowest BCUT2D eigenvalue weighted by Gasteiger charge is -2.38. The number of aliphatic hydroxyl groups excluding tert-OH is 1. The van der Waals surface area contributed by atoms with E-state index in [1.807, 2.05) is 18.5 Å². The largest absolute Gasteiger partial charge is 0.394 e. The Balaban J connectivity index is 1.42. The number of aryl methyl sites for hydroxylation is 2. The highest BCUT2D eigenvalue weighted by atomic mass is 19.1. The van der Waals surface area contributed by atoms with Gasteiger partial charge in [-0.15, -0.1) is 0 Å². The van der Waals surface area contributed by atoms with Gasteiger partial charge in [0.05, 0.1) is 12.2 Å². The Morgan fingerprint density at radius 1 is 1.12 bits per heavy atom. The highest BCUT2D eigenvalue weighted by molar-refractivity contribution is 5.94. The van der Waals surface area contributed by atoms with Gasteiger partial charge >= 0.3 is 0 Å². The fourth-order valence-corrected chi connectivity index (χ4v) is 4.32. The lowest BCUT2D eigenvalue weighted by atomic mass is 10.0. The van der Waals surface area contributed by atoms with E-state index >= 15 is 0 Å². The van der Waals surface area contributed by atoms with E-state index < -0.39 is 17.8 Å². The Kier molecular flexibility index (Phi) is 9.77. The highest BCUT2D eigenvalue weighted by Gasteiger charge is 2.22. The summed E-state index contributed by atoms with van der Waals surface area (Å²) in [7, 11) is 0. The molecule has 2 unspecified atom stereocenters. The fraction of sp³-hybridized carbons (Fsp3) is 0.577. The van der Waals surface area contributed by atoms with Crippen molar-refractivity contribution in [2.24, 2.45) is 0 Å². The normalized spacial score (nSPS) is 16.3. The first kappa shape index (κ1) is 26.0.